The second-order valence-electron chi connectivity index (χ2n) is 6.43. The van der Waals surface area contributed by atoms with Crippen LogP contribution in [0.15, 0.2) is 0 Å². The molecule has 0 aromatic rings. The van der Waals surface area contributed by atoms with Gasteiger partial charge in [-0.3, -0.25) is 4.79 Å². The van der Waals surface area contributed by atoms with Gasteiger partial charge in [-0.2, -0.15) is 4.31 Å². The minimum absolute atomic E-state index is 0.0366. The van der Waals surface area contributed by atoms with Crippen molar-refractivity contribution in [2.45, 2.75) is 51.1 Å². The molecule has 0 aromatic carbocycles. The Bertz CT molecular complexity index is 478. The van der Waals surface area contributed by atoms with E-state index in [2.05, 4.69) is 0 Å². The number of nitrogens with two attached hydrogens (primary N) is 1. The maximum absolute atomic E-state index is 12.8. The first-order valence-electron chi connectivity index (χ1n) is 7.82. The molecule has 21 heavy (non-hydrogen) atoms. The molecular weight excluding hydrogens is 290 g/mol. The van der Waals surface area contributed by atoms with Crippen molar-refractivity contribution in [2.24, 2.45) is 11.7 Å². The summed E-state index contributed by atoms with van der Waals surface area (Å²) in [6.07, 6.45) is 5.56. The van der Waals surface area contributed by atoms with Crippen LogP contribution < -0.4 is 5.73 Å². The zero-order chi connectivity index (χ0) is 15.6. The number of rotatable bonds is 3. The van der Waals surface area contributed by atoms with Gasteiger partial charge in [0.1, 0.15) is 6.04 Å². The molecule has 6 nitrogen and oxygen atoms in total. The summed E-state index contributed by atoms with van der Waals surface area (Å²) < 4.78 is 25.2. The number of hydrogen-bond acceptors (Lipinski definition) is 4. The van der Waals surface area contributed by atoms with E-state index in [9.17, 15) is 13.2 Å². The first kappa shape index (κ1) is 16.7. The van der Waals surface area contributed by atoms with Crippen molar-refractivity contribution >= 4 is 15.9 Å². The quantitative estimate of drug-likeness (QED) is 0.816. The van der Waals surface area contributed by atoms with Gasteiger partial charge in [0.05, 0.1) is 6.26 Å². The van der Waals surface area contributed by atoms with Crippen LogP contribution in [0.5, 0.6) is 0 Å². The molecule has 2 rings (SSSR count). The molecule has 0 radical (unpaired) electrons. The molecule has 0 bridgehead atoms. The Morgan fingerprint density at radius 1 is 1.19 bits per heavy atom. The van der Waals surface area contributed by atoms with Gasteiger partial charge in [0.15, 0.2) is 0 Å². The second-order valence-corrected chi connectivity index (χ2v) is 8.37. The van der Waals surface area contributed by atoms with Gasteiger partial charge >= 0.3 is 0 Å². The fourth-order valence-electron chi connectivity index (χ4n) is 3.40. The van der Waals surface area contributed by atoms with Gasteiger partial charge in [-0.15, -0.1) is 0 Å². The van der Waals surface area contributed by atoms with Gasteiger partial charge in [-0.25, -0.2) is 8.42 Å². The number of carbonyl (C=O) groups is 1. The molecule has 122 valence electrons. The van der Waals surface area contributed by atoms with Crippen molar-refractivity contribution in [3.63, 3.8) is 0 Å². The summed E-state index contributed by atoms with van der Waals surface area (Å²) in [5.41, 5.74) is 5.96. The lowest BCUT2D eigenvalue weighted by atomic mass is 9.91. The van der Waals surface area contributed by atoms with E-state index in [0.29, 0.717) is 25.4 Å². The predicted molar refractivity (Wildman–Crippen MR) is 82.1 cm³/mol. The highest BCUT2D eigenvalue weighted by molar-refractivity contribution is 7.88. The molecule has 7 heteroatoms. The number of amides is 1. The standard InChI is InChI=1S/C14H27N3O3S/c1-11(15)12-6-5-8-16(10-12)14(18)13-7-3-4-9-17(13)21(2,19)20/h11-13H,3-10,15H2,1-2H3/t11-,12+,13+/m0/s1. The first-order valence-corrected chi connectivity index (χ1v) is 9.66. The fourth-order valence-corrected chi connectivity index (χ4v) is 4.52. The average molecular weight is 317 g/mol. The Kier molecular flexibility index (Phi) is 5.27. The first-order chi connectivity index (χ1) is 9.80. The third kappa shape index (κ3) is 3.96. The van der Waals surface area contributed by atoms with E-state index in [-0.39, 0.29) is 11.9 Å². The van der Waals surface area contributed by atoms with Crippen LogP contribution >= 0.6 is 0 Å². The summed E-state index contributed by atoms with van der Waals surface area (Å²) in [5, 5.41) is 0. The fraction of sp³-hybridized carbons (Fsp3) is 0.929. The third-order valence-electron chi connectivity index (χ3n) is 4.68. The van der Waals surface area contributed by atoms with Crippen molar-refractivity contribution < 1.29 is 13.2 Å². The van der Waals surface area contributed by atoms with Crippen LogP contribution in [0.25, 0.3) is 0 Å². The molecule has 1 amide bonds. The molecule has 0 unspecified atom stereocenters. The van der Waals surface area contributed by atoms with E-state index in [4.69, 9.17) is 5.73 Å². The minimum atomic E-state index is -3.33. The number of nitrogens with zero attached hydrogens (tertiary/aromatic N) is 2. The largest absolute Gasteiger partial charge is 0.341 e. The van der Waals surface area contributed by atoms with E-state index < -0.39 is 16.1 Å². The summed E-state index contributed by atoms with van der Waals surface area (Å²) in [6, 6.07) is -0.446. The SMILES string of the molecule is C[C@H](N)[C@@H]1CCCN(C(=O)[C@H]2CCCCN2S(C)(=O)=O)C1. The van der Waals surface area contributed by atoms with Crippen LogP contribution in [0.4, 0.5) is 0 Å². The summed E-state index contributed by atoms with van der Waals surface area (Å²) in [7, 11) is -3.33. The van der Waals surface area contributed by atoms with Crippen molar-refractivity contribution in [1.82, 2.24) is 9.21 Å². The Balaban J connectivity index is 2.10. The molecule has 0 spiro atoms. The molecular formula is C14H27N3O3S. The molecule has 2 fully saturated rings. The third-order valence-corrected chi connectivity index (χ3v) is 5.97. The van der Waals surface area contributed by atoms with E-state index in [1.165, 1.54) is 10.6 Å². The van der Waals surface area contributed by atoms with E-state index in [1.807, 2.05) is 11.8 Å². The zero-order valence-electron chi connectivity index (χ0n) is 13.0. The van der Waals surface area contributed by atoms with Gasteiger partial charge in [-0.1, -0.05) is 6.42 Å². The Morgan fingerprint density at radius 2 is 1.90 bits per heavy atom. The van der Waals surface area contributed by atoms with Crippen LogP contribution in [-0.4, -0.2) is 61.5 Å². The average Bonchev–Trinajstić information content (AvgIpc) is 2.45. The number of piperidine rings is 2. The second kappa shape index (κ2) is 6.62. The summed E-state index contributed by atoms with van der Waals surface area (Å²) >= 11 is 0. The smallest absolute Gasteiger partial charge is 0.241 e. The van der Waals surface area contributed by atoms with Gasteiger partial charge < -0.3 is 10.6 Å². The lowest BCUT2D eigenvalue weighted by Crippen LogP contribution is -2.55. The van der Waals surface area contributed by atoms with Gasteiger partial charge in [0.2, 0.25) is 15.9 Å². The van der Waals surface area contributed by atoms with Gasteiger partial charge in [0.25, 0.3) is 0 Å². The lowest BCUT2D eigenvalue weighted by molar-refractivity contribution is -0.138. The topological polar surface area (TPSA) is 83.7 Å². The highest BCUT2D eigenvalue weighted by Gasteiger charge is 2.38. The predicted octanol–water partition coefficient (Wildman–Crippen LogP) is 0.386. The summed E-state index contributed by atoms with van der Waals surface area (Å²) in [5.74, 6) is 0.281. The van der Waals surface area contributed by atoms with Crippen LogP contribution in [0.3, 0.4) is 0 Å². The van der Waals surface area contributed by atoms with Crippen LogP contribution in [0.1, 0.15) is 39.0 Å². The zero-order valence-corrected chi connectivity index (χ0v) is 13.8. The maximum Gasteiger partial charge on any atom is 0.241 e. The van der Waals surface area contributed by atoms with Crippen molar-refractivity contribution in [3.05, 3.63) is 0 Å². The molecule has 0 aromatic heterocycles. The van der Waals surface area contributed by atoms with Crippen molar-refractivity contribution in [1.29, 1.82) is 0 Å². The normalized spacial score (nSPS) is 30.1. The van der Waals surface area contributed by atoms with Crippen LogP contribution in [0, 0.1) is 5.92 Å². The Labute approximate surface area is 127 Å². The molecule has 2 aliphatic rings. The van der Waals surface area contributed by atoms with Gasteiger partial charge in [-0.05, 0) is 38.5 Å². The molecule has 2 heterocycles. The molecule has 3 atom stereocenters. The van der Waals surface area contributed by atoms with E-state index in [1.54, 1.807) is 0 Å². The number of carbonyl (C=O) groups excluding carboxylic acids is 1. The monoisotopic (exact) mass is 317 g/mol. The molecule has 2 saturated heterocycles. The number of likely N-dealkylation sites (tertiary alicyclic amines) is 1. The van der Waals surface area contributed by atoms with Crippen molar-refractivity contribution in [3.8, 4) is 0 Å². The van der Waals surface area contributed by atoms with Crippen LogP contribution in [-0.2, 0) is 14.8 Å². The number of hydrogen-bond donors (Lipinski definition) is 1. The van der Waals surface area contributed by atoms with E-state index >= 15 is 0 Å². The Morgan fingerprint density at radius 3 is 2.52 bits per heavy atom. The molecule has 0 aliphatic carbocycles. The van der Waals surface area contributed by atoms with Crippen LogP contribution in [0.2, 0.25) is 0 Å². The van der Waals surface area contributed by atoms with Crippen molar-refractivity contribution in [2.75, 3.05) is 25.9 Å². The maximum atomic E-state index is 12.8. The minimum Gasteiger partial charge on any atom is -0.341 e. The van der Waals surface area contributed by atoms with E-state index in [0.717, 1.165) is 32.2 Å². The Hall–Kier alpha value is -0.660. The number of sulfonamides is 1. The lowest BCUT2D eigenvalue weighted by Gasteiger charge is -2.40. The highest BCUT2D eigenvalue weighted by Crippen LogP contribution is 2.25. The van der Waals surface area contributed by atoms with Gasteiger partial charge in [0, 0.05) is 25.7 Å². The molecule has 0 saturated carbocycles. The highest BCUT2D eigenvalue weighted by atomic mass is 32.2. The summed E-state index contributed by atoms with van der Waals surface area (Å²) in [6.45, 7) is 3.81. The molecule has 2 aliphatic heterocycles. The molecule has 2 N–H and O–H groups in total. The summed E-state index contributed by atoms with van der Waals surface area (Å²) in [4.78, 5) is 14.6.